The van der Waals surface area contributed by atoms with E-state index in [-0.39, 0.29) is 22.7 Å². The third-order valence-corrected chi connectivity index (χ3v) is 6.39. The van der Waals surface area contributed by atoms with Gasteiger partial charge in [0.15, 0.2) is 5.65 Å². The van der Waals surface area contributed by atoms with Crippen LogP contribution in [0.5, 0.6) is 0 Å². The molecule has 6 nitrogen and oxygen atoms in total. The van der Waals surface area contributed by atoms with E-state index >= 15 is 0 Å². The molecule has 4 rings (SSSR count). The van der Waals surface area contributed by atoms with Gasteiger partial charge in [0.2, 0.25) is 0 Å². The molecule has 1 aliphatic rings. The number of hydrogen-bond acceptors (Lipinski definition) is 3. The van der Waals surface area contributed by atoms with Crippen molar-refractivity contribution in [2.45, 2.75) is 79.7 Å². The fourth-order valence-electron chi connectivity index (χ4n) is 4.23. The Hall–Kier alpha value is -2.80. The smallest absolute Gasteiger partial charge is 0.275 e. The molecule has 0 bridgehead atoms. The molecule has 0 saturated carbocycles. The van der Waals surface area contributed by atoms with Crippen molar-refractivity contribution >= 4 is 11.6 Å². The zero-order valence-electron chi connectivity index (χ0n) is 22.9. The number of aromatic nitrogens is 3. The van der Waals surface area contributed by atoms with Crippen molar-refractivity contribution in [3.05, 3.63) is 53.6 Å². The van der Waals surface area contributed by atoms with Crippen LogP contribution >= 0.6 is 0 Å². The molecule has 0 aliphatic carbocycles. The van der Waals surface area contributed by atoms with E-state index in [2.05, 4.69) is 39.9 Å². The maximum atomic E-state index is 13.5. The Morgan fingerprint density at radius 3 is 2.34 bits per heavy atom. The highest BCUT2D eigenvalue weighted by Crippen LogP contribution is 2.30. The Bertz CT molecular complexity index is 1120. The molecule has 1 aromatic carbocycles. The van der Waals surface area contributed by atoms with Gasteiger partial charge in [0.05, 0.1) is 37.1 Å². The minimum absolute atomic E-state index is 0.0499. The van der Waals surface area contributed by atoms with Crippen LogP contribution in [0.2, 0.25) is 0 Å². The van der Waals surface area contributed by atoms with Crippen LogP contribution in [0.15, 0.2) is 36.5 Å². The number of fused-ring (bicyclic) bond motifs is 1. The summed E-state index contributed by atoms with van der Waals surface area (Å²) in [5, 5.41) is 6.98. The number of imidazole rings is 1. The van der Waals surface area contributed by atoms with Gasteiger partial charge in [-0.2, -0.15) is 5.10 Å². The molecule has 1 aliphatic heterocycles. The lowest BCUT2D eigenvalue weighted by atomic mass is 9.87. The lowest BCUT2D eigenvalue weighted by Gasteiger charge is -2.42. The second-order valence-corrected chi connectivity index (χ2v) is 9.68. The van der Waals surface area contributed by atoms with Crippen LogP contribution in [-0.2, 0) is 5.41 Å². The van der Waals surface area contributed by atoms with Gasteiger partial charge in [-0.25, -0.2) is 13.9 Å². The fraction of sp³-hybridized carbons (Fsp3) is 0.536. The molecular formula is C28H43FN5O+. The van der Waals surface area contributed by atoms with E-state index in [0.717, 1.165) is 36.3 Å². The lowest BCUT2D eigenvalue weighted by molar-refractivity contribution is -0.674. The van der Waals surface area contributed by atoms with Crippen molar-refractivity contribution in [3.8, 4) is 11.3 Å². The summed E-state index contributed by atoms with van der Waals surface area (Å²) < 4.78 is 15.1. The standard InChI is InChI=1S/C24H30FN5O.2C2H6/c1-6-24(5)15-26-11-12-29(24)22(31)20-14-30-21(27-20)18(23(2,3)4)13-19(28-30)16-7-9-17(25)10-8-16;2*1-2/h7-10,13-14,26H,6,11-12,15H2,1-5H3;2*1-2H3/p+1. The van der Waals surface area contributed by atoms with E-state index in [0.29, 0.717) is 17.9 Å². The number of halogens is 1. The molecular weight excluding hydrogens is 441 g/mol. The minimum atomic E-state index is -0.283. The normalized spacial score (nSPS) is 17.8. The third kappa shape index (κ3) is 6.07. The number of hydrogen-bond donors (Lipinski definition) is 1. The summed E-state index contributed by atoms with van der Waals surface area (Å²) in [6.45, 7) is 21.1. The zero-order valence-corrected chi connectivity index (χ0v) is 22.9. The summed E-state index contributed by atoms with van der Waals surface area (Å²) in [6.07, 6.45) is 2.62. The largest absolute Gasteiger partial charge is 0.343 e. The Balaban J connectivity index is 0.00000103. The van der Waals surface area contributed by atoms with E-state index in [1.165, 1.54) is 12.1 Å². The molecule has 3 heterocycles. The Kier molecular flexibility index (Phi) is 9.55. The van der Waals surface area contributed by atoms with E-state index in [1.54, 1.807) is 22.8 Å². The van der Waals surface area contributed by atoms with Gasteiger partial charge in [0.25, 0.3) is 5.91 Å². The maximum Gasteiger partial charge on any atom is 0.275 e. The Morgan fingerprint density at radius 2 is 1.77 bits per heavy atom. The molecule has 3 aromatic rings. The number of quaternary nitrogens is 1. The van der Waals surface area contributed by atoms with Gasteiger partial charge < -0.3 is 10.2 Å². The molecule has 2 N–H and O–H groups in total. The lowest BCUT2D eigenvalue weighted by Crippen LogP contribution is -2.94. The van der Waals surface area contributed by atoms with Crippen molar-refractivity contribution < 1.29 is 14.5 Å². The first-order valence-corrected chi connectivity index (χ1v) is 12.9. The summed E-state index contributed by atoms with van der Waals surface area (Å²) in [6, 6.07) is 8.29. The molecule has 1 amide bonds. The van der Waals surface area contributed by atoms with Crippen LogP contribution < -0.4 is 5.32 Å². The number of amides is 1. The van der Waals surface area contributed by atoms with Gasteiger partial charge in [0.1, 0.15) is 11.5 Å². The Morgan fingerprint density at radius 1 is 1.14 bits per heavy atom. The predicted octanol–water partition coefficient (Wildman–Crippen LogP) is 5.07. The molecule has 35 heavy (non-hydrogen) atoms. The van der Waals surface area contributed by atoms with Crippen molar-refractivity contribution in [1.82, 2.24) is 19.5 Å². The summed E-state index contributed by atoms with van der Waals surface area (Å²) in [5.74, 6) is -0.333. The number of carbonyl (C=O) groups is 1. The van der Waals surface area contributed by atoms with Gasteiger partial charge in [-0.3, -0.25) is 4.79 Å². The third-order valence-electron chi connectivity index (χ3n) is 6.39. The Labute approximate surface area is 209 Å². The van der Waals surface area contributed by atoms with E-state index in [4.69, 9.17) is 10.1 Å². The summed E-state index contributed by atoms with van der Waals surface area (Å²) in [4.78, 5) is 20.2. The fourth-order valence-corrected chi connectivity index (χ4v) is 4.23. The molecule has 2 aromatic heterocycles. The van der Waals surface area contributed by atoms with Crippen molar-refractivity contribution in [2.24, 2.45) is 0 Å². The van der Waals surface area contributed by atoms with Crippen LogP contribution in [0.4, 0.5) is 4.39 Å². The highest BCUT2D eigenvalue weighted by Gasteiger charge is 2.39. The van der Waals surface area contributed by atoms with Gasteiger partial charge in [0, 0.05) is 11.1 Å². The van der Waals surface area contributed by atoms with Crippen LogP contribution in [-0.4, -0.2) is 50.6 Å². The molecule has 1 unspecified atom stereocenters. The first-order valence-electron chi connectivity index (χ1n) is 12.9. The average Bonchev–Trinajstić information content (AvgIpc) is 3.30. The maximum absolute atomic E-state index is 13.5. The first-order chi connectivity index (χ1) is 16.6. The minimum Gasteiger partial charge on any atom is -0.343 e. The van der Waals surface area contributed by atoms with Crippen LogP contribution in [0, 0.1) is 5.82 Å². The molecule has 0 spiro atoms. The van der Waals surface area contributed by atoms with Gasteiger partial charge in [-0.1, -0.05) is 55.4 Å². The molecule has 7 heteroatoms. The van der Waals surface area contributed by atoms with E-state index in [9.17, 15) is 9.18 Å². The quantitative estimate of drug-likeness (QED) is 0.564. The zero-order chi connectivity index (χ0) is 26.4. The van der Waals surface area contributed by atoms with Gasteiger partial charge >= 0.3 is 0 Å². The van der Waals surface area contributed by atoms with Crippen molar-refractivity contribution in [3.63, 3.8) is 0 Å². The SMILES string of the molecule is CC.CC.CCC1(C)C[NH2+]CCN1C(=O)c1cn2nc(-c3ccc(F)cc3)cc(C(C)(C)C)c2n1. The van der Waals surface area contributed by atoms with Crippen LogP contribution in [0.25, 0.3) is 16.9 Å². The summed E-state index contributed by atoms with van der Waals surface area (Å²) in [5.41, 5.74) is 3.23. The predicted molar refractivity (Wildman–Crippen MR) is 141 cm³/mol. The van der Waals surface area contributed by atoms with E-state index < -0.39 is 0 Å². The number of benzene rings is 1. The molecule has 192 valence electrons. The van der Waals surface area contributed by atoms with Crippen LogP contribution in [0.3, 0.4) is 0 Å². The second kappa shape index (κ2) is 11.8. The number of nitrogens with zero attached hydrogens (tertiary/aromatic N) is 4. The van der Waals surface area contributed by atoms with Gasteiger partial charge in [-0.05, 0) is 49.1 Å². The number of piperazine rings is 1. The van der Waals surface area contributed by atoms with Gasteiger partial charge in [-0.15, -0.1) is 0 Å². The number of nitrogens with two attached hydrogens (primary N) is 1. The summed E-state index contributed by atoms with van der Waals surface area (Å²) >= 11 is 0. The summed E-state index contributed by atoms with van der Waals surface area (Å²) in [7, 11) is 0. The van der Waals surface area contributed by atoms with Crippen molar-refractivity contribution in [1.29, 1.82) is 0 Å². The highest BCUT2D eigenvalue weighted by atomic mass is 19.1. The highest BCUT2D eigenvalue weighted by molar-refractivity contribution is 5.93. The van der Waals surface area contributed by atoms with E-state index in [1.807, 2.05) is 38.7 Å². The topological polar surface area (TPSA) is 67.1 Å². The number of carbonyl (C=O) groups excluding carboxylic acids is 1. The molecule has 1 fully saturated rings. The molecule has 0 radical (unpaired) electrons. The average molecular weight is 485 g/mol. The second-order valence-electron chi connectivity index (χ2n) is 9.68. The van der Waals surface area contributed by atoms with Crippen molar-refractivity contribution in [2.75, 3.05) is 19.6 Å². The van der Waals surface area contributed by atoms with Crippen LogP contribution in [0.1, 0.15) is 84.8 Å². The monoisotopic (exact) mass is 484 g/mol. The first kappa shape index (κ1) is 28.4. The molecule has 1 atom stereocenters. The molecule has 1 saturated heterocycles. The number of rotatable bonds is 3.